The maximum absolute atomic E-state index is 2.62. The minimum absolute atomic E-state index is 0.475. The van der Waals surface area contributed by atoms with Crippen molar-refractivity contribution < 1.29 is 0 Å². The summed E-state index contributed by atoms with van der Waals surface area (Å²) in [6.07, 6.45) is 5.54. The molecule has 1 heterocycles. The standard InChI is InChI=1S/C16H33N/c1-15(2,3)11-10-14-9-8-13(12-17(14)7)16(4,5)6/h13-14H,8-12H2,1-7H3. The summed E-state index contributed by atoms with van der Waals surface area (Å²) in [5.41, 5.74) is 0.963. The lowest BCUT2D eigenvalue weighted by molar-refractivity contribution is 0.0659. The highest BCUT2D eigenvalue weighted by Crippen LogP contribution is 2.36. The molecule has 0 spiro atoms. The molecule has 0 bridgehead atoms. The van der Waals surface area contributed by atoms with Crippen molar-refractivity contribution in [2.24, 2.45) is 16.7 Å². The predicted molar refractivity (Wildman–Crippen MR) is 77.3 cm³/mol. The van der Waals surface area contributed by atoms with E-state index in [9.17, 15) is 0 Å². The van der Waals surface area contributed by atoms with Crippen molar-refractivity contribution in [3.8, 4) is 0 Å². The molecular formula is C16H33N. The molecule has 0 aromatic heterocycles. The lowest BCUT2D eigenvalue weighted by atomic mass is 9.74. The molecule has 0 saturated carbocycles. The number of nitrogens with zero attached hydrogens (tertiary/aromatic N) is 1. The fourth-order valence-electron chi connectivity index (χ4n) is 2.87. The average Bonchev–Trinajstić information content (AvgIpc) is 2.12. The monoisotopic (exact) mass is 239 g/mol. The Labute approximate surface area is 109 Å². The molecule has 2 unspecified atom stereocenters. The van der Waals surface area contributed by atoms with Crippen molar-refractivity contribution in [2.75, 3.05) is 13.6 Å². The third-order valence-corrected chi connectivity index (χ3v) is 4.43. The van der Waals surface area contributed by atoms with Crippen LogP contribution in [0.3, 0.4) is 0 Å². The second-order valence-corrected chi connectivity index (χ2v) is 8.33. The maximum atomic E-state index is 2.62. The zero-order chi connectivity index (χ0) is 13.3. The van der Waals surface area contributed by atoms with Crippen LogP contribution in [0.25, 0.3) is 0 Å². The molecule has 1 fully saturated rings. The van der Waals surface area contributed by atoms with Gasteiger partial charge in [0.25, 0.3) is 0 Å². The topological polar surface area (TPSA) is 3.24 Å². The Hall–Kier alpha value is -0.0400. The zero-order valence-corrected chi connectivity index (χ0v) is 13.1. The van der Waals surface area contributed by atoms with Gasteiger partial charge in [0, 0.05) is 12.6 Å². The van der Waals surface area contributed by atoms with E-state index >= 15 is 0 Å². The fourth-order valence-corrected chi connectivity index (χ4v) is 2.87. The van der Waals surface area contributed by atoms with E-state index in [0.717, 1.165) is 12.0 Å². The van der Waals surface area contributed by atoms with Gasteiger partial charge >= 0.3 is 0 Å². The number of hydrogen-bond acceptors (Lipinski definition) is 1. The summed E-state index contributed by atoms with van der Waals surface area (Å²) >= 11 is 0. The third kappa shape index (κ3) is 4.99. The van der Waals surface area contributed by atoms with E-state index in [1.54, 1.807) is 0 Å². The Bertz CT molecular complexity index is 231. The van der Waals surface area contributed by atoms with Gasteiger partial charge in [-0.25, -0.2) is 0 Å². The first-order valence-electron chi connectivity index (χ1n) is 7.30. The van der Waals surface area contributed by atoms with Gasteiger partial charge in [0.05, 0.1) is 0 Å². The first-order valence-corrected chi connectivity index (χ1v) is 7.30. The summed E-state index contributed by atoms with van der Waals surface area (Å²) in [6.45, 7) is 15.5. The first kappa shape index (κ1) is 15.0. The minimum Gasteiger partial charge on any atom is -0.303 e. The first-order chi connectivity index (χ1) is 7.59. The number of rotatable bonds is 2. The summed E-state index contributed by atoms with van der Waals surface area (Å²) < 4.78 is 0. The van der Waals surface area contributed by atoms with Gasteiger partial charge in [-0.3, -0.25) is 0 Å². The predicted octanol–water partition coefficient (Wildman–Crippen LogP) is 4.57. The molecule has 0 aromatic carbocycles. The van der Waals surface area contributed by atoms with Gasteiger partial charge in [-0.1, -0.05) is 41.5 Å². The Morgan fingerprint density at radius 1 is 1.00 bits per heavy atom. The molecule has 1 saturated heterocycles. The Morgan fingerprint density at radius 2 is 1.59 bits per heavy atom. The van der Waals surface area contributed by atoms with Gasteiger partial charge < -0.3 is 4.90 Å². The van der Waals surface area contributed by atoms with Crippen molar-refractivity contribution >= 4 is 0 Å². The summed E-state index contributed by atoms with van der Waals surface area (Å²) in [6, 6.07) is 0.827. The molecule has 0 amide bonds. The van der Waals surface area contributed by atoms with Crippen LogP contribution < -0.4 is 0 Å². The van der Waals surface area contributed by atoms with Crippen molar-refractivity contribution in [3.63, 3.8) is 0 Å². The van der Waals surface area contributed by atoms with E-state index in [1.807, 2.05) is 0 Å². The molecule has 0 aliphatic carbocycles. The van der Waals surface area contributed by atoms with E-state index in [-0.39, 0.29) is 0 Å². The lowest BCUT2D eigenvalue weighted by Crippen LogP contribution is -2.44. The Balaban J connectivity index is 2.43. The number of piperidine rings is 1. The Morgan fingerprint density at radius 3 is 2.00 bits per heavy atom. The van der Waals surface area contributed by atoms with E-state index < -0.39 is 0 Å². The smallest absolute Gasteiger partial charge is 0.00926 e. The highest BCUT2D eigenvalue weighted by Gasteiger charge is 2.32. The van der Waals surface area contributed by atoms with Crippen LogP contribution in [0.2, 0.25) is 0 Å². The van der Waals surface area contributed by atoms with Crippen LogP contribution in [0.15, 0.2) is 0 Å². The molecule has 1 nitrogen and oxygen atoms in total. The van der Waals surface area contributed by atoms with E-state index in [1.165, 1.54) is 32.2 Å². The lowest BCUT2D eigenvalue weighted by Gasteiger charge is -2.43. The van der Waals surface area contributed by atoms with Gasteiger partial charge in [0.2, 0.25) is 0 Å². The van der Waals surface area contributed by atoms with Gasteiger partial charge in [0.15, 0.2) is 0 Å². The van der Waals surface area contributed by atoms with Crippen LogP contribution in [0, 0.1) is 16.7 Å². The molecule has 0 N–H and O–H groups in total. The molecule has 2 atom stereocenters. The fraction of sp³-hybridized carbons (Fsp3) is 1.00. The molecule has 1 aliphatic heterocycles. The molecule has 0 aromatic rings. The highest BCUT2D eigenvalue weighted by atomic mass is 15.1. The summed E-state index contributed by atoms with van der Waals surface area (Å²) in [4.78, 5) is 2.62. The Kier molecular flexibility index (Phi) is 4.68. The molecule has 1 rings (SSSR count). The summed E-state index contributed by atoms with van der Waals surface area (Å²) in [5.74, 6) is 0.874. The quantitative estimate of drug-likeness (QED) is 0.682. The second-order valence-electron chi connectivity index (χ2n) is 8.33. The molecule has 1 heteroatoms. The van der Waals surface area contributed by atoms with Gasteiger partial charge in [0.1, 0.15) is 0 Å². The van der Waals surface area contributed by atoms with Crippen molar-refractivity contribution in [2.45, 2.75) is 73.3 Å². The van der Waals surface area contributed by atoms with Crippen LogP contribution in [-0.2, 0) is 0 Å². The van der Waals surface area contributed by atoms with Crippen molar-refractivity contribution in [3.05, 3.63) is 0 Å². The van der Waals surface area contributed by atoms with E-state index in [4.69, 9.17) is 0 Å². The van der Waals surface area contributed by atoms with Crippen LogP contribution >= 0.6 is 0 Å². The highest BCUT2D eigenvalue weighted by molar-refractivity contribution is 4.86. The molecule has 1 aliphatic rings. The van der Waals surface area contributed by atoms with Crippen LogP contribution in [0.5, 0.6) is 0 Å². The molecule has 17 heavy (non-hydrogen) atoms. The summed E-state index contributed by atoms with van der Waals surface area (Å²) in [7, 11) is 2.32. The normalized spacial score (nSPS) is 28.4. The third-order valence-electron chi connectivity index (χ3n) is 4.43. The zero-order valence-electron chi connectivity index (χ0n) is 13.1. The number of hydrogen-bond donors (Lipinski definition) is 0. The summed E-state index contributed by atoms with van der Waals surface area (Å²) in [5, 5.41) is 0. The van der Waals surface area contributed by atoms with Crippen LogP contribution in [0.1, 0.15) is 67.2 Å². The van der Waals surface area contributed by atoms with Gasteiger partial charge in [-0.2, -0.15) is 0 Å². The van der Waals surface area contributed by atoms with E-state index in [0.29, 0.717) is 10.8 Å². The second kappa shape index (κ2) is 5.30. The van der Waals surface area contributed by atoms with E-state index in [2.05, 4.69) is 53.5 Å². The average molecular weight is 239 g/mol. The van der Waals surface area contributed by atoms with Gasteiger partial charge in [-0.05, 0) is 49.5 Å². The SMILES string of the molecule is CN1CC(C(C)(C)C)CCC1CCC(C)(C)C. The number of likely N-dealkylation sites (tertiary alicyclic amines) is 1. The van der Waals surface area contributed by atoms with Crippen LogP contribution in [0.4, 0.5) is 0 Å². The van der Waals surface area contributed by atoms with Crippen LogP contribution in [-0.4, -0.2) is 24.5 Å². The minimum atomic E-state index is 0.475. The molecule has 102 valence electrons. The van der Waals surface area contributed by atoms with Crippen molar-refractivity contribution in [1.82, 2.24) is 4.90 Å². The maximum Gasteiger partial charge on any atom is 0.00926 e. The van der Waals surface area contributed by atoms with Gasteiger partial charge in [-0.15, -0.1) is 0 Å². The largest absolute Gasteiger partial charge is 0.303 e. The molecule has 0 radical (unpaired) electrons. The molecular weight excluding hydrogens is 206 g/mol. The van der Waals surface area contributed by atoms with Crippen molar-refractivity contribution in [1.29, 1.82) is 0 Å².